The van der Waals surface area contributed by atoms with Crippen LogP contribution >= 0.6 is 0 Å². The number of amides is 1. The van der Waals surface area contributed by atoms with Crippen molar-refractivity contribution in [3.63, 3.8) is 0 Å². The maximum absolute atomic E-state index is 12.5. The zero-order valence-electron chi connectivity index (χ0n) is 13.0. The van der Waals surface area contributed by atoms with Crippen LogP contribution in [0.5, 0.6) is 0 Å². The van der Waals surface area contributed by atoms with Crippen LogP contribution in [-0.4, -0.2) is 54.5 Å². The molecule has 1 saturated carbocycles. The number of rotatable bonds is 5. The molecule has 4 nitrogen and oxygen atoms in total. The molecule has 20 heavy (non-hydrogen) atoms. The Labute approximate surface area is 123 Å². The molecular weight excluding hydrogens is 250 g/mol. The molecule has 2 fully saturated rings. The largest absolute Gasteiger partial charge is 0.340 e. The van der Waals surface area contributed by atoms with Crippen LogP contribution in [0.4, 0.5) is 0 Å². The molecular formula is C16H31N3O. The monoisotopic (exact) mass is 281 g/mol. The van der Waals surface area contributed by atoms with E-state index in [2.05, 4.69) is 16.7 Å². The van der Waals surface area contributed by atoms with Gasteiger partial charge in [0.25, 0.3) is 0 Å². The van der Waals surface area contributed by atoms with Gasteiger partial charge in [0.15, 0.2) is 0 Å². The first-order valence-corrected chi connectivity index (χ1v) is 8.49. The second kappa shape index (κ2) is 7.99. The third kappa shape index (κ3) is 3.95. The van der Waals surface area contributed by atoms with E-state index in [9.17, 15) is 4.79 Å². The summed E-state index contributed by atoms with van der Waals surface area (Å²) in [6.45, 7) is 6.88. The van der Waals surface area contributed by atoms with Gasteiger partial charge in [-0.15, -0.1) is 0 Å². The van der Waals surface area contributed by atoms with E-state index in [0.29, 0.717) is 17.9 Å². The summed E-state index contributed by atoms with van der Waals surface area (Å²) in [6, 6.07) is 0.604. The summed E-state index contributed by atoms with van der Waals surface area (Å²) in [5.74, 6) is 0.748. The lowest BCUT2D eigenvalue weighted by Crippen LogP contribution is -2.53. The van der Waals surface area contributed by atoms with Gasteiger partial charge in [0.2, 0.25) is 5.91 Å². The van der Waals surface area contributed by atoms with E-state index in [1.807, 2.05) is 0 Å². The molecule has 0 aromatic rings. The Kier molecular flexibility index (Phi) is 6.30. The van der Waals surface area contributed by atoms with Crippen molar-refractivity contribution in [3.05, 3.63) is 0 Å². The standard InChI is InChI=1S/C16H31N3O/c1-2-15(8-9-17)18-10-12-19(13-11-18)16(20)14-6-4-3-5-7-14/h14-15H,2-13,17H2,1H3. The van der Waals surface area contributed by atoms with E-state index in [0.717, 1.165) is 58.4 Å². The molecule has 1 aliphatic carbocycles. The highest BCUT2D eigenvalue weighted by molar-refractivity contribution is 5.79. The van der Waals surface area contributed by atoms with Gasteiger partial charge in [-0.05, 0) is 32.2 Å². The van der Waals surface area contributed by atoms with Crippen molar-refractivity contribution in [1.29, 1.82) is 0 Å². The maximum Gasteiger partial charge on any atom is 0.225 e. The van der Waals surface area contributed by atoms with Crippen molar-refractivity contribution in [2.75, 3.05) is 32.7 Å². The van der Waals surface area contributed by atoms with Crippen molar-refractivity contribution in [3.8, 4) is 0 Å². The molecule has 2 N–H and O–H groups in total. The van der Waals surface area contributed by atoms with E-state index in [-0.39, 0.29) is 0 Å². The van der Waals surface area contributed by atoms with Crippen LogP contribution in [0.25, 0.3) is 0 Å². The Morgan fingerprint density at radius 3 is 2.35 bits per heavy atom. The molecule has 1 atom stereocenters. The fraction of sp³-hybridized carbons (Fsp3) is 0.938. The molecule has 0 radical (unpaired) electrons. The second-order valence-electron chi connectivity index (χ2n) is 6.34. The Bertz CT molecular complexity index is 294. The van der Waals surface area contributed by atoms with Crippen molar-refractivity contribution in [1.82, 2.24) is 9.80 Å². The predicted molar refractivity (Wildman–Crippen MR) is 82.5 cm³/mol. The number of carbonyl (C=O) groups excluding carboxylic acids is 1. The zero-order chi connectivity index (χ0) is 14.4. The van der Waals surface area contributed by atoms with E-state index >= 15 is 0 Å². The first kappa shape index (κ1) is 15.8. The van der Waals surface area contributed by atoms with E-state index < -0.39 is 0 Å². The highest BCUT2D eigenvalue weighted by Crippen LogP contribution is 2.26. The smallest absolute Gasteiger partial charge is 0.225 e. The van der Waals surface area contributed by atoms with Gasteiger partial charge < -0.3 is 10.6 Å². The highest BCUT2D eigenvalue weighted by atomic mass is 16.2. The lowest BCUT2D eigenvalue weighted by molar-refractivity contribution is -0.138. The summed E-state index contributed by atoms with van der Waals surface area (Å²) in [7, 11) is 0. The summed E-state index contributed by atoms with van der Waals surface area (Å²) >= 11 is 0. The van der Waals surface area contributed by atoms with E-state index in [4.69, 9.17) is 5.73 Å². The summed E-state index contributed by atoms with van der Waals surface area (Å²) in [4.78, 5) is 17.2. The van der Waals surface area contributed by atoms with E-state index in [1.165, 1.54) is 19.3 Å². The molecule has 4 heteroatoms. The van der Waals surface area contributed by atoms with Gasteiger partial charge in [-0.2, -0.15) is 0 Å². The lowest BCUT2D eigenvalue weighted by atomic mass is 9.88. The minimum absolute atomic E-state index is 0.321. The number of piperazine rings is 1. The van der Waals surface area contributed by atoms with E-state index in [1.54, 1.807) is 0 Å². The fourth-order valence-electron chi connectivity index (χ4n) is 3.75. The molecule has 0 bridgehead atoms. The molecule has 1 saturated heterocycles. The fourth-order valence-corrected chi connectivity index (χ4v) is 3.75. The number of hydrogen-bond acceptors (Lipinski definition) is 3. The Hall–Kier alpha value is -0.610. The minimum atomic E-state index is 0.321. The Balaban J connectivity index is 1.79. The molecule has 0 aromatic heterocycles. The van der Waals surface area contributed by atoms with Crippen LogP contribution < -0.4 is 5.73 Å². The van der Waals surface area contributed by atoms with Crippen molar-refractivity contribution >= 4 is 5.91 Å². The quantitative estimate of drug-likeness (QED) is 0.836. The summed E-state index contributed by atoms with van der Waals surface area (Å²) in [5.41, 5.74) is 5.69. The number of hydrogen-bond donors (Lipinski definition) is 1. The molecule has 0 aromatic carbocycles. The minimum Gasteiger partial charge on any atom is -0.340 e. The second-order valence-corrected chi connectivity index (χ2v) is 6.34. The predicted octanol–water partition coefficient (Wildman–Crippen LogP) is 1.84. The van der Waals surface area contributed by atoms with Crippen LogP contribution in [0.1, 0.15) is 51.9 Å². The zero-order valence-corrected chi connectivity index (χ0v) is 13.0. The van der Waals surface area contributed by atoms with Gasteiger partial charge >= 0.3 is 0 Å². The van der Waals surface area contributed by atoms with Gasteiger partial charge in [-0.3, -0.25) is 9.69 Å². The number of carbonyl (C=O) groups is 1. The molecule has 1 aliphatic heterocycles. The van der Waals surface area contributed by atoms with Gasteiger partial charge in [0, 0.05) is 38.1 Å². The van der Waals surface area contributed by atoms with Crippen molar-refractivity contribution in [2.24, 2.45) is 11.7 Å². The summed E-state index contributed by atoms with van der Waals surface area (Å²) in [5, 5.41) is 0. The van der Waals surface area contributed by atoms with Gasteiger partial charge in [0.1, 0.15) is 0 Å². The van der Waals surface area contributed by atoms with Crippen LogP contribution in [0.2, 0.25) is 0 Å². The molecule has 0 spiro atoms. The normalized spacial score (nSPS) is 23.8. The Morgan fingerprint density at radius 2 is 1.80 bits per heavy atom. The summed E-state index contributed by atoms with van der Waals surface area (Å²) in [6.07, 6.45) is 8.26. The third-order valence-corrected chi connectivity index (χ3v) is 5.07. The first-order chi connectivity index (χ1) is 9.76. The molecule has 2 aliphatic rings. The van der Waals surface area contributed by atoms with Crippen LogP contribution in [0, 0.1) is 5.92 Å². The van der Waals surface area contributed by atoms with Gasteiger partial charge in [0.05, 0.1) is 0 Å². The SMILES string of the molecule is CCC(CCN)N1CCN(C(=O)C2CCCCC2)CC1. The molecule has 1 unspecified atom stereocenters. The first-order valence-electron chi connectivity index (χ1n) is 8.49. The van der Waals surface area contributed by atoms with Crippen molar-refractivity contribution < 1.29 is 4.79 Å². The van der Waals surface area contributed by atoms with Gasteiger partial charge in [-0.25, -0.2) is 0 Å². The lowest BCUT2D eigenvalue weighted by Gasteiger charge is -2.40. The topological polar surface area (TPSA) is 49.6 Å². The molecule has 116 valence electrons. The molecule has 1 amide bonds. The van der Waals surface area contributed by atoms with Crippen LogP contribution in [0.15, 0.2) is 0 Å². The van der Waals surface area contributed by atoms with Gasteiger partial charge in [-0.1, -0.05) is 26.2 Å². The Morgan fingerprint density at radius 1 is 1.15 bits per heavy atom. The molecule has 2 rings (SSSR count). The number of nitrogens with two attached hydrogens (primary N) is 1. The average molecular weight is 281 g/mol. The summed E-state index contributed by atoms with van der Waals surface area (Å²) < 4.78 is 0. The number of nitrogens with zero attached hydrogens (tertiary/aromatic N) is 2. The highest BCUT2D eigenvalue weighted by Gasteiger charge is 2.29. The van der Waals surface area contributed by atoms with Crippen LogP contribution in [0.3, 0.4) is 0 Å². The van der Waals surface area contributed by atoms with Crippen LogP contribution in [-0.2, 0) is 4.79 Å². The maximum atomic E-state index is 12.5. The van der Waals surface area contributed by atoms with Crippen molar-refractivity contribution in [2.45, 2.75) is 57.9 Å². The molecule has 1 heterocycles. The third-order valence-electron chi connectivity index (χ3n) is 5.07. The average Bonchev–Trinajstić information content (AvgIpc) is 2.53.